The monoisotopic (exact) mass is 910 g/mol. The minimum Gasteiger partial charge on any atom is -0.497 e. The number of aliphatic carboxylic acids is 2. The van der Waals surface area contributed by atoms with Crippen molar-refractivity contribution >= 4 is 35.5 Å². The van der Waals surface area contributed by atoms with E-state index in [4.69, 9.17) is 29.2 Å². The first-order valence-electron chi connectivity index (χ1n) is 22.9. The smallest absolute Gasteiger partial charge is 0.307 e. The molecule has 346 valence electrons. The van der Waals surface area contributed by atoms with E-state index in [2.05, 4.69) is 98.8 Å². The molecule has 64 heavy (non-hydrogen) atoms. The molecular weight excluding hydrogens is 841 g/mol. The van der Waals surface area contributed by atoms with E-state index in [1.807, 2.05) is 29.6 Å². The summed E-state index contributed by atoms with van der Waals surface area (Å²) in [5.41, 5.74) is 5.67. The lowest BCUT2D eigenvalue weighted by Gasteiger charge is -2.43. The summed E-state index contributed by atoms with van der Waals surface area (Å²) in [5, 5.41) is 17.5. The maximum Gasteiger partial charge on any atom is 0.307 e. The molecule has 0 amide bonds. The van der Waals surface area contributed by atoms with Crippen LogP contribution in [0.4, 0.5) is 0 Å². The zero-order valence-electron chi connectivity index (χ0n) is 38.9. The van der Waals surface area contributed by atoms with Crippen molar-refractivity contribution in [3.8, 4) is 23.0 Å². The molecular formula is C54H70O8S2. The topological polar surface area (TPSA) is 112 Å². The summed E-state index contributed by atoms with van der Waals surface area (Å²) >= 11 is 3.85. The fourth-order valence-electron chi connectivity index (χ4n) is 9.33. The van der Waals surface area contributed by atoms with Gasteiger partial charge in [-0.15, -0.1) is 23.5 Å². The van der Waals surface area contributed by atoms with E-state index in [-0.39, 0.29) is 17.3 Å². The van der Waals surface area contributed by atoms with Gasteiger partial charge in [0.25, 0.3) is 0 Å². The van der Waals surface area contributed by atoms with Crippen molar-refractivity contribution in [2.45, 2.75) is 136 Å². The van der Waals surface area contributed by atoms with Crippen LogP contribution in [0.2, 0.25) is 0 Å². The van der Waals surface area contributed by atoms with E-state index in [9.17, 15) is 9.59 Å². The van der Waals surface area contributed by atoms with Gasteiger partial charge in [0.15, 0.2) is 0 Å². The van der Waals surface area contributed by atoms with Gasteiger partial charge >= 0.3 is 11.9 Å². The van der Waals surface area contributed by atoms with Crippen LogP contribution in [0.25, 0.3) is 0 Å². The van der Waals surface area contributed by atoms with Crippen LogP contribution in [0, 0.1) is 0 Å². The van der Waals surface area contributed by atoms with E-state index in [1.54, 1.807) is 34.5 Å². The Morgan fingerprint density at radius 3 is 1.38 bits per heavy atom. The molecule has 0 spiro atoms. The summed E-state index contributed by atoms with van der Waals surface area (Å²) < 4.78 is 21.7. The first-order valence-corrected chi connectivity index (χ1v) is 24.9. The molecule has 0 aliphatic carbocycles. The van der Waals surface area contributed by atoms with Crippen molar-refractivity contribution in [3.63, 3.8) is 0 Å². The second-order valence-electron chi connectivity index (χ2n) is 17.5. The highest BCUT2D eigenvalue weighted by molar-refractivity contribution is 7.99. The quantitative estimate of drug-likeness (QED) is 0.0551. The minimum atomic E-state index is -0.774. The van der Waals surface area contributed by atoms with Crippen molar-refractivity contribution in [2.75, 3.05) is 39.9 Å². The molecule has 4 atom stereocenters. The molecule has 0 radical (unpaired) electrons. The average molecular weight is 911 g/mol. The summed E-state index contributed by atoms with van der Waals surface area (Å²) in [6.07, 6.45) is 17.2. The van der Waals surface area contributed by atoms with Crippen molar-refractivity contribution in [1.29, 1.82) is 0 Å². The van der Waals surface area contributed by atoms with Crippen molar-refractivity contribution in [1.82, 2.24) is 0 Å². The molecule has 10 heteroatoms. The molecule has 0 saturated heterocycles. The number of hydrogen-bond acceptors (Lipinski definition) is 8. The van der Waals surface area contributed by atoms with Gasteiger partial charge in [-0.1, -0.05) is 107 Å². The Balaban J connectivity index is 0.000000241. The summed E-state index contributed by atoms with van der Waals surface area (Å²) in [6, 6.07) is 30.2. The Kier molecular flexibility index (Phi) is 19.9. The van der Waals surface area contributed by atoms with E-state index < -0.39 is 11.9 Å². The molecule has 4 unspecified atom stereocenters. The van der Waals surface area contributed by atoms with Crippen LogP contribution in [0.15, 0.2) is 107 Å². The standard InChI is InChI=1S/C27H36O4S.C27H34O4S/c2*1-27(20-12-14-21(30-2)15-13-20)19-32-25-18-22(31-3)16-17-23(25)24(27)10-8-6-4-5-7-9-11-26(28)29/h12-18,24H,4-11,19H2,1-3H3,(H,28,29);7,9,12-18,24H,4-6,8,10-11,19H2,1-3H3,(H,28,29). The van der Waals surface area contributed by atoms with Gasteiger partial charge in [-0.25, -0.2) is 0 Å². The highest BCUT2D eigenvalue weighted by atomic mass is 32.2. The molecule has 6 rings (SSSR count). The van der Waals surface area contributed by atoms with E-state index >= 15 is 0 Å². The number of ether oxygens (including phenoxy) is 4. The molecule has 4 aromatic carbocycles. The minimum absolute atomic E-state index is 0.0416. The number of allylic oxidation sites excluding steroid dienone is 1. The van der Waals surface area contributed by atoms with Crippen LogP contribution >= 0.6 is 23.5 Å². The lowest BCUT2D eigenvalue weighted by Crippen LogP contribution is -2.36. The molecule has 0 fully saturated rings. The maximum atomic E-state index is 10.6. The zero-order chi connectivity index (χ0) is 46.0. The van der Waals surface area contributed by atoms with Gasteiger partial charge in [-0.2, -0.15) is 0 Å². The van der Waals surface area contributed by atoms with Crippen LogP contribution in [0.3, 0.4) is 0 Å². The van der Waals surface area contributed by atoms with E-state index in [1.165, 1.54) is 51.3 Å². The van der Waals surface area contributed by atoms with Gasteiger partial charge < -0.3 is 29.2 Å². The number of carboxylic acids is 2. The molecule has 0 bridgehead atoms. The number of carbonyl (C=O) groups is 2. The van der Waals surface area contributed by atoms with E-state index in [0.29, 0.717) is 18.3 Å². The van der Waals surface area contributed by atoms with Crippen LogP contribution in [-0.2, 0) is 20.4 Å². The SMILES string of the molecule is COc1ccc(C2(C)CSc3cc(OC)ccc3C2CCCCCC=CCC(=O)O)cc1.COc1ccc(C2(C)CSc3cc(OC)ccc3C2CCCCCCCCC(=O)O)cc1. The average Bonchev–Trinajstić information content (AvgIpc) is 3.31. The third-order valence-electron chi connectivity index (χ3n) is 13.2. The number of fused-ring (bicyclic) bond motifs is 2. The maximum absolute atomic E-state index is 10.6. The molecule has 0 saturated carbocycles. The summed E-state index contributed by atoms with van der Waals surface area (Å²) in [7, 11) is 6.86. The molecule has 2 aliphatic rings. The van der Waals surface area contributed by atoms with Gasteiger partial charge in [-0.3, -0.25) is 9.59 Å². The largest absolute Gasteiger partial charge is 0.497 e. The normalized spacial score (nSPS) is 20.0. The third-order valence-corrected chi connectivity index (χ3v) is 16.1. The fraction of sp³-hybridized carbons (Fsp3) is 0.481. The third kappa shape index (κ3) is 13.7. The fourth-order valence-corrected chi connectivity index (χ4v) is 12.1. The summed E-state index contributed by atoms with van der Waals surface area (Å²) in [5.74, 6) is 5.11. The van der Waals surface area contributed by atoms with Crippen molar-refractivity contribution in [3.05, 3.63) is 119 Å². The Labute approximate surface area is 390 Å². The highest BCUT2D eigenvalue weighted by Gasteiger charge is 2.42. The summed E-state index contributed by atoms with van der Waals surface area (Å²) in [4.78, 5) is 23.9. The Hall–Kier alpha value is -4.54. The van der Waals surface area contributed by atoms with Gasteiger partial charge in [0.1, 0.15) is 23.0 Å². The van der Waals surface area contributed by atoms with Gasteiger partial charge in [0.2, 0.25) is 0 Å². The Bertz CT molecular complexity index is 2100. The molecule has 2 aliphatic heterocycles. The van der Waals surface area contributed by atoms with Gasteiger partial charge in [0, 0.05) is 38.5 Å². The number of methoxy groups -OCH3 is 4. The number of unbranched alkanes of at least 4 members (excludes halogenated alkanes) is 8. The second-order valence-corrected chi connectivity index (χ2v) is 19.6. The van der Waals surface area contributed by atoms with Crippen LogP contribution in [0.1, 0.15) is 138 Å². The number of thioether (sulfide) groups is 2. The van der Waals surface area contributed by atoms with Crippen molar-refractivity contribution < 1.29 is 38.7 Å². The summed E-state index contributed by atoms with van der Waals surface area (Å²) in [6.45, 7) is 4.81. The molecule has 2 heterocycles. The number of carboxylic acid groups (broad SMARTS) is 2. The molecule has 2 N–H and O–H groups in total. The van der Waals surface area contributed by atoms with Crippen LogP contribution in [-0.4, -0.2) is 62.1 Å². The molecule has 8 nitrogen and oxygen atoms in total. The lowest BCUT2D eigenvalue weighted by atomic mass is 9.68. The Morgan fingerprint density at radius 1 is 0.547 bits per heavy atom. The van der Waals surface area contributed by atoms with E-state index in [0.717, 1.165) is 92.3 Å². The lowest BCUT2D eigenvalue weighted by molar-refractivity contribution is -0.137. The molecule has 4 aromatic rings. The highest BCUT2D eigenvalue weighted by Crippen LogP contribution is 2.54. The van der Waals surface area contributed by atoms with Crippen LogP contribution in [0.5, 0.6) is 23.0 Å². The predicted molar refractivity (Wildman–Crippen MR) is 263 cm³/mol. The van der Waals surface area contributed by atoms with Gasteiger partial charge in [0.05, 0.1) is 34.9 Å². The number of hydrogen-bond donors (Lipinski definition) is 2. The zero-order valence-corrected chi connectivity index (χ0v) is 40.5. The molecule has 0 aromatic heterocycles. The number of rotatable bonds is 23. The second kappa shape index (κ2) is 25.2. The number of benzene rings is 4. The Morgan fingerprint density at radius 2 is 0.953 bits per heavy atom. The first kappa shape index (κ1) is 50.5. The van der Waals surface area contributed by atoms with Crippen molar-refractivity contribution in [2.24, 2.45) is 0 Å². The first-order chi connectivity index (χ1) is 30.9. The van der Waals surface area contributed by atoms with Gasteiger partial charge in [-0.05, 0) is 115 Å². The van der Waals surface area contributed by atoms with Crippen LogP contribution < -0.4 is 18.9 Å². The predicted octanol–water partition coefficient (Wildman–Crippen LogP) is 13.9.